The summed E-state index contributed by atoms with van der Waals surface area (Å²) in [6, 6.07) is 15.1. The molecule has 0 aliphatic carbocycles. The second-order valence-corrected chi connectivity index (χ2v) is 5.22. The molecule has 120 valence electrons. The average Bonchev–Trinajstić information content (AvgIpc) is 2.62. The third-order valence-electron chi connectivity index (χ3n) is 3.19. The van der Waals surface area contributed by atoms with E-state index in [0.29, 0.717) is 16.6 Å². The highest BCUT2D eigenvalue weighted by Gasteiger charge is 2.02. The second-order valence-electron chi connectivity index (χ2n) is 4.81. The zero-order chi connectivity index (χ0) is 16.8. The van der Waals surface area contributed by atoms with Crippen LogP contribution >= 0.6 is 12.2 Å². The Labute approximate surface area is 144 Å². The first kappa shape index (κ1) is 15.8. The van der Waals surface area contributed by atoms with Crippen LogP contribution < -0.4 is 15.5 Å². The van der Waals surface area contributed by atoms with E-state index in [1.54, 1.807) is 19.5 Å². The fourth-order valence-electron chi connectivity index (χ4n) is 2.09. The van der Waals surface area contributed by atoms with Gasteiger partial charge in [-0.3, -0.25) is 10.4 Å². The van der Waals surface area contributed by atoms with Crippen LogP contribution in [0.15, 0.2) is 59.8 Å². The fourth-order valence-corrected chi connectivity index (χ4v) is 2.25. The SMILES string of the molecule is COc1ccccc1NC(=S)N/N=C\c1cnc2ccccc2n1. The molecule has 0 bridgehead atoms. The summed E-state index contributed by atoms with van der Waals surface area (Å²) in [4.78, 5) is 8.77. The van der Waals surface area contributed by atoms with Gasteiger partial charge in [0.1, 0.15) is 11.4 Å². The summed E-state index contributed by atoms with van der Waals surface area (Å²) in [6.45, 7) is 0. The minimum Gasteiger partial charge on any atom is -0.495 e. The number of methoxy groups -OCH3 is 1. The van der Waals surface area contributed by atoms with E-state index in [-0.39, 0.29) is 0 Å². The summed E-state index contributed by atoms with van der Waals surface area (Å²) in [6.07, 6.45) is 3.22. The zero-order valence-corrected chi connectivity index (χ0v) is 13.7. The standard InChI is InChI=1S/C17H15N5OS/c1-23-16-9-5-4-8-15(16)21-17(24)22-19-11-12-10-18-13-6-2-3-7-14(13)20-12/h2-11H,1H3,(H2,21,22,24)/b19-11-. The molecule has 0 amide bonds. The Balaban J connectivity index is 1.63. The van der Waals surface area contributed by atoms with Gasteiger partial charge in [0.05, 0.1) is 36.2 Å². The Bertz CT molecular complexity index is 897. The lowest BCUT2D eigenvalue weighted by Gasteiger charge is -2.10. The van der Waals surface area contributed by atoms with Crippen molar-refractivity contribution in [2.75, 3.05) is 12.4 Å². The van der Waals surface area contributed by atoms with Gasteiger partial charge in [-0.1, -0.05) is 24.3 Å². The third kappa shape index (κ3) is 3.82. The molecule has 0 fully saturated rings. The number of hydrogen-bond acceptors (Lipinski definition) is 5. The molecule has 0 spiro atoms. The first-order valence-electron chi connectivity index (χ1n) is 7.21. The quantitative estimate of drug-likeness (QED) is 0.433. The van der Waals surface area contributed by atoms with E-state index in [4.69, 9.17) is 17.0 Å². The maximum Gasteiger partial charge on any atom is 0.191 e. The highest BCUT2D eigenvalue weighted by molar-refractivity contribution is 7.80. The van der Waals surface area contributed by atoms with Gasteiger partial charge in [-0.2, -0.15) is 5.10 Å². The molecule has 0 atom stereocenters. The van der Waals surface area contributed by atoms with E-state index in [0.717, 1.165) is 16.7 Å². The summed E-state index contributed by atoms with van der Waals surface area (Å²) in [7, 11) is 1.60. The lowest BCUT2D eigenvalue weighted by atomic mass is 10.3. The van der Waals surface area contributed by atoms with Gasteiger partial charge < -0.3 is 10.1 Å². The van der Waals surface area contributed by atoms with Crippen molar-refractivity contribution in [1.29, 1.82) is 0 Å². The molecule has 0 aliphatic heterocycles. The van der Waals surface area contributed by atoms with E-state index >= 15 is 0 Å². The predicted molar refractivity (Wildman–Crippen MR) is 99.5 cm³/mol. The van der Waals surface area contributed by atoms with Crippen LogP contribution in [-0.4, -0.2) is 28.4 Å². The smallest absolute Gasteiger partial charge is 0.191 e. The molecule has 1 heterocycles. The van der Waals surface area contributed by atoms with Crippen LogP contribution in [-0.2, 0) is 0 Å². The largest absolute Gasteiger partial charge is 0.495 e. The Morgan fingerprint density at radius 2 is 1.88 bits per heavy atom. The molecule has 0 saturated carbocycles. The Morgan fingerprint density at radius 1 is 1.12 bits per heavy atom. The maximum atomic E-state index is 5.25. The van der Waals surface area contributed by atoms with Gasteiger partial charge in [-0.15, -0.1) is 0 Å². The first-order valence-corrected chi connectivity index (χ1v) is 7.62. The Kier molecular flexibility index (Phi) is 4.93. The minimum absolute atomic E-state index is 0.351. The molecule has 3 rings (SSSR count). The van der Waals surface area contributed by atoms with Crippen LogP contribution in [0.2, 0.25) is 0 Å². The number of hydrazone groups is 1. The zero-order valence-electron chi connectivity index (χ0n) is 12.9. The Morgan fingerprint density at radius 3 is 2.71 bits per heavy atom. The van der Waals surface area contributed by atoms with Gasteiger partial charge in [0.2, 0.25) is 0 Å². The Hall–Kier alpha value is -3.06. The van der Waals surface area contributed by atoms with Crippen molar-refractivity contribution < 1.29 is 4.74 Å². The van der Waals surface area contributed by atoms with E-state index in [2.05, 4.69) is 25.8 Å². The van der Waals surface area contributed by atoms with Crippen molar-refractivity contribution in [2.24, 2.45) is 5.10 Å². The summed E-state index contributed by atoms with van der Waals surface area (Å²) in [5.41, 5.74) is 5.81. The third-order valence-corrected chi connectivity index (χ3v) is 3.38. The van der Waals surface area contributed by atoms with Gasteiger partial charge in [0, 0.05) is 0 Å². The number of hydrogen-bond donors (Lipinski definition) is 2. The monoisotopic (exact) mass is 337 g/mol. The van der Waals surface area contributed by atoms with Crippen molar-refractivity contribution in [2.45, 2.75) is 0 Å². The number of rotatable bonds is 4. The number of para-hydroxylation sites is 4. The van der Waals surface area contributed by atoms with Crippen LogP contribution in [0.1, 0.15) is 5.69 Å². The van der Waals surface area contributed by atoms with Crippen LogP contribution in [0.4, 0.5) is 5.69 Å². The first-order chi connectivity index (χ1) is 11.8. The number of anilines is 1. The number of benzene rings is 2. The van der Waals surface area contributed by atoms with Crippen LogP contribution in [0, 0.1) is 0 Å². The van der Waals surface area contributed by atoms with Crippen LogP contribution in [0.3, 0.4) is 0 Å². The van der Waals surface area contributed by atoms with Crippen LogP contribution in [0.25, 0.3) is 11.0 Å². The molecule has 1 aromatic heterocycles. The second kappa shape index (κ2) is 7.47. The predicted octanol–water partition coefficient (Wildman–Crippen LogP) is 2.96. The molecule has 0 saturated heterocycles. The van der Waals surface area contributed by atoms with E-state index in [1.165, 1.54) is 0 Å². The van der Waals surface area contributed by atoms with Gasteiger partial charge in [-0.25, -0.2) is 4.98 Å². The van der Waals surface area contributed by atoms with Gasteiger partial charge in [0.25, 0.3) is 0 Å². The van der Waals surface area contributed by atoms with Crippen molar-refractivity contribution in [3.05, 3.63) is 60.4 Å². The molecule has 3 aromatic rings. The topological polar surface area (TPSA) is 71.4 Å². The van der Waals surface area contributed by atoms with E-state index in [1.807, 2.05) is 48.5 Å². The number of ether oxygens (including phenoxy) is 1. The van der Waals surface area contributed by atoms with Crippen molar-refractivity contribution in [3.8, 4) is 5.75 Å². The van der Waals surface area contributed by atoms with Crippen molar-refractivity contribution in [1.82, 2.24) is 15.4 Å². The number of fused-ring (bicyclic) bond motifs is 1. The lowest BCUT2D eigenvalue weighted by molar-refractivity contribution is 0.417. The molecule has 6 nitrogen and oxygen atoms in total. The highest BCUT2D eigenvalue weighted by atomic mass is 32.1. The summed E-state index contributed by atoms with van der Waals surface area (Å²) in [5, 5.41) is 7.45. The molecule has 2 aromatic carbocycles. The molecule has 2 N–H and O–H groups in total. The maximum absolute atomic E-state index is 5.25. The van der Waals surface area contributed by atoms with Crippen LogP contribution in [0.5, 0.6) is 5.75 Å². The van der Waals surface area contributed by atoms with Gasteiger partial charge in [-0.05, 0) is 36.5 Å². The summed E-state index contributed by atoms with van der Waals surface area (Å²) >= 11 is 5.21. The van der Waals surface area contributed by atoms with E-state index in [9.17, 15) is 0 Å². The molecule has 24 heavy (non-hydrogen) atoms. The fraction of sp³-hybridized carbons (Fsp3) is 0.0588. The van der Waals surface area contributed by atoms with Crippen molar-refractivity contribution >= 4 is 40.3 Å². The summed E-state index contributed by atoms with van der Waals surface area (Å²) in [5.74, 6) is 0.700. The molecule has 0 aliphatic rings. The summed E-state index contributed by atoms with van der Waals surface area (Å²) < 4.78 is 5.25. The molecule has 0 radical (unpaired) electrons. The van der Waals surface area contributed by atoms with Crippen molar-refractivity contribution in [3.63, 3.8) is 0 Å². The number of nitrogens with zero attached hydrogens (tertiary/aromatic N) is 3. The molecular weight excluding hydrogens is 322 g/mol. The normalized spacial score (nSPS) is 10.7. The number of nitrogens with one attached hydrogen (secondary N) is 2. The average molecular weight is 337 g/mol. The highest BCUT2D eigenvalue weighted by Crippen LogP contribution is 2.22. The van der Waals surface area contributed by atoms with Gasteiger partial charge in [0.15, 0.2) is 5.11 Å². The van der Waals surface area contributed by atoms with Gasteiger partial charge >= 0.3 is 0 Å². The number of thiocarbonyl (C=S) groups is 1. The molecule has 0 unspecified atom stereocenters. The number of aromatic nitrogens is 2. The minimum atomic E-state index is 0.351. The molecular formula is C17H15N5OS. The molecule has 7 heteroatoms. The lowest BCUT2D eigenvalue weighted by Crippen LogP contribution is -2.24. The van der Waals surface area contributed by atoms with E-state index < -0.39 is 0 Å².